The Balaban J connectivity index is 3.05. The van der Waals surface area contributed by atoms with Gasteiger partial charge in [0.05, 0.1) is 0 Å². The van der Waals surface area contributed by atoms with Crippen molar-refractivity contribution in [3.8, 4) is 0 Å². The van der Waals surface area contributed by atoms with E-state index in [-0.39, 0.29) is 0 Å². The first kappa shape index (κ1) is 13.2. The SMILES string of the molecule is CCCC/C=C\CCCCCC(=O)O. The maximum atomic E-state index is 10.2. The molecule has 0 aliphatic heterocycles. The molecular formula is C12H22O2. The predicted octanol–water partition coefficient (Wildman–Crippen LogP) is 3.77. The van der Waals surface area contributed by atoms with Gasteiger partial charge < -0.3 is 5.11 Å². The van der Waals surface area contributed by atoms with Gasteiger partial charge in [-0.1, -0.05) is 38.3 Å². The van der Waals surface area contributed by atoms with E-state index in [4.69, 9.17) is 5.11 Å². The number of carboxylic acid groups (broad SMARTS) is 1. The van der Waals surface area contributed by atoms with Crippen LogP contribution in [0.1, 0.15) is 58.3 Å². The van der Waals surface area contributed by atoms with Gasteiger partial charge in [-0.05, 0) is 25.7 Å². The van der Waals surface area contributed by atoms with Crippen LogP contribution < -0.4 is 0 Å². The Morgan fingerprint density at radius 3 is 2.29 bits per heavy atom. The quantitative estimate of drug-likeness (QED) is 0.452. The Kier molecular flexibility index (Phi) is 9.71. The third-order valence-corrected chi connectivity index (χ3v) is 2.15. The molecule has 2 nitrogen and oxygen atoms in total. The van der Waals surface area contributed by atoms with Crippen LogP contribution in [0.4, 0.5) is 0 Å². The molecule has 0 bridgehead atoms. The molecule has 0 saturated heterocycles. The van der Waals surface area contributed by atoms with Gasteiger partial charge in [0.2, 0.25) is 0 Å². The summed E-state index contributed by atoms with van der Waals surface area (Å²) in [7, 11) is 0. The minimum atomic E-state index is -0.677. The van der Waals surface area contributed by atoms with Gasteiger partial charge in [0.15, 0.2) is 0 Å². The van der Waals surface area contributed by atoms with Crippen molar-refractivity contribution in [3.63, 3.8) is 0 Å². The summed E-state index contributed by atoms with van der Waals surface area (Å²) in [5.41, 5.74) is 0. The summed E-state index contributed by atoms with van der Waals surface area (Å²) < 4.78 is 0. The lowest BCUT2D eigenvalue weighted by Crippen LogP contribution is -1.93. The van der Waals surface area contributed by atoms with Crippen LogP contribution in [-0.4, -0.2) is 11.1 Å². The minimum Gasteiger partial charge on any atom is -0.481 e. The molecule has 0 amide bonds. The first-order chi connectivity index (χ1) is 6.77. The Hall–Kier alpha value is -0.790. The molecule has 0 radical (unpaired) electrons. The van der Waals surface area contributed by atoms with Crippen molar-refractivity contribution in [1.82, 2.24) is 0 Å². The molecule has 82 valence electrons. The summed E-state index contributed by atoms with van der Waals surface area (Å²) >= 11 is 0. The van der Waals surface area contributed by atoms with Crippen molar-refractivity contribution in [2.75, 3.05) is 0 Å². The molecule has 14 heavy (non-hydrogen) atoms. The van der Waals surface area contributed by atoms with Crippen molar-refractivity contribution < 1.29 is 9.90 Å². The molecule has 0 fully saturated rings. The number of allylic oxidation sites excluding steroid dienone is 2. The van der Waals surface area contributed by atoms with Gasteiger partial charge >= 0.3 is 5.97 Å². The van der Waals surface area contributed by atoms with Crippen LogP contribution in [0.25, 0.3) is 0 Å². The van der Waals surface area contributed by atoms with Gasteiger partial charge in [-0.3, -0.25) is 4.79 Å². The molecule has 2 heteroatoms. The van der Waals surface area contributed by atoms with E-state index < -0.39 is 5.97 Å². The van der Waals surface area contributed by atoms with Crippen molar-refractivity contribution in [2.24, 2.45) is 0 Å². The van der Waals surface area contributed by atoms with Crippen LogP contribution in [0.2, 0.25) is 0 Å². The molecule has 0 atom stereocenters. The van der Waals surface area contributed by atoms with Crippen LogP contribution in [-0.2, 0) is 4.79 Å². The smallest absolute Gasteiger partial charge is 0.303 e. The summed E-state index contributed by atoms with van der Waals surface area (Å²) in [4.78, 5) is 10.2. The Bertz CT molecular complexity index is 162. The standard InChI is InChI=1S/C12H22O2/c1-2-3-4-5-6-7-8-9-10-11-12(13)14/h5-6H,2-4,7-11H2,1H3,(H,13,14)/b6-5-. The highest BCUT2D eigenvalue weighted by Crippen LogP contribution is 2.04. The van der Waals surface area contributed by atoms with E-state index in [2.05, 4.69) is 19.1 Å². The molecule has 0 aromatic carbocycles. The Morgan fingerprint density at radius 2 is 1.71 bits per heavy atom. The fraction of sp³-hybridized carbons (Fsp3) is 0.750. The van der Waals surface area contributed by atoms with E-state index in [1.807, 2.05) is 0 Å². The van der Waals surface area contributed by atoms with Crippen molar-refractivity contribution >= 4 is 5.97 Å². The first-order valence-corrected chi connectivity index (χ1v) is 5.64. The zero-order valence-corrected chi connectivity index (χ0v) is 9.17. The molecular weight excluding hydrogens is 176 g/mol. The van der Waals surface area contributed by atoms with Crippen molar-refractivity contribution in [1.29, 1.82) is 0 Å². The number of carbonyl (C=O) groups is 1. The van der Waals surface area contributed by atoms with Crippen LogP contribution in [0.15, 0.2) is 12.2 Å². The highest BCUT2D eigenvalue weighted by Gasteiger charge is 1.94. The average Bonchev–Trinajstić information content (AvgIpc) is 2.15. The second-order valence-corrected chi connectivity index (χ2v) is 3.61. The van der Waals surface area contributed by atoms with Gasteiger partial charge in [0.25, 0.3) is 0 Å². The van der Waals surface area contributed by atoms with E-state index >= 15 is 0 Å². The van der Waals surface area contributed by atoms with Gasteiger partial charge in [0, 0.05) is 6.42 Å². The molecule has 0 unspecified atom stereocenters. The van der Waals surface area contributed by atoms with E-state index in [1.54, 1.807) is 0 Å². The zero-order chi connectivity index (χ0) is 10.6. The van der Waals surface area contributed by atoms with Crippen molar-refractivity contribution in [2.45, 2.75) is 58.3 Å². The van der Waals surface area contributed by atoms with Crippen molar-refractivity contribution in [3.05, 3.63) is 12.2 Å². The van der Waals surface area contributed by atoms with Gasteiger partial charge in [-0.2, -0.15) is 0 Å². The monoisotopic (exact) mass is 198 g/mol. The highest BCUT2D eigenvalue weighted by atomic mass is 16.4. The lowest BCUT2D eigenvalue weighted by atomic mass is 10.1. The Morgan fingerprint density at radius 1 is 1.07 bits per heavy atom. The molecule has 0 spiro atoms. The van der Waals surface area contributed by atoms with Gasteiger partial charge in [-0.25, -0.2) is 0 Å². The summed E-state index contributed by atoms with van der Waals surface area (Å²) in [5, 5.41) is 8.40. The predicted molar refractivity (Wildman–Crippen MR) is 59.4 cm³/mol. The molecule has 0 rings (SSSR count). The summed E-state index contributed by atoms with van der Waals surface area (Å²) in [6.07, 6.45) is 12.6. The number of rotatable bonds is 9. The maximum Gasteiger partial charge on any atom is 0.303 e. The number of aliphatic carboxylic acids is 1. The maximum absolute atomic E-state index is 10.2. The van der Waals surface area contributed by atoms with Crippen LogP contribution in [0, 0.1) is 0 Å². The second kappa shape index (κ2) is 10.3. The fourth-order valence-corrected chi connectivity index (χ4v) is 1.27. The van der Waals surface area contributed by atoms with Gasteiger partial charge in [-0.15, -0.1) is 0 Å². The third kappa shape index (κ3) is 11.2. The summed E-state index contributed by atoms with van der Waals surface area (Å²) in [6.45, 7) is 2.19. The fourth-order valence-electron chi connectivity index (χ4n) is 1.27. The highest BCUT2D eigenvalue weighted by molar-refractivity contribution is 5.66. The third-order valence-electron chi connectivity index (χ3n) is 2.15. The topological polar surface area (TPSA) is 37.3 Å². The van der Waals surface area contributed by atoms with Crippen LogP contribution in [0.5, 0.6) is 0 Å². The Labute approximate surface area is 87.0 Å². The number of hydrogen-bond acceptors (Lipinski definition) is 1. The first-order valence-electron chi connectivity index (χ1n) is 5.64. The van der Waals surface area contributed by atoms with E-state index in [1.165, 1.54) is 19.3 Å². The number of hydrogen-bond donors (Lipinski definition) is 1. The summed E-state index contributed by atoms with van der Waals surface area (Å²) in [5.74, 6) is -0.677. The zero-order valence-electron chi connectivity index (χ0n) is 9.17. The number of carboxylic acids is 1. The minimum absolute atomic E-state index is 0.319. The van der Waals surface area contributed by atoms with E-state index in [0.717, 1.165) is 25.7 Å². The molecule has 0 aliphatic rings. The lowest BCUT2D eigenvalue weighted by molar-refractivity contribution is -0.137. The largest absolute Gasteiger partial charge is 0.481 e. The van der Waals surface area contributed by atoms with E-state index in [0.29, 0.717) is 6.42 Å². The van der Waals surface area contributed by atoms with E-state index in [9.17, 15) is 4.79 Å². The summed E-state index contributed by atoms with van der Waals surface area (Å²) in [6, 6.07) is 0. The average molecular weight is 198 g/mol. The number of unbranched alkanes of at least 4 members (excludes halogenated alkanes) is 5. The molecule has 0 saturated carbocycles. The second-order valence-electron chi connectivity index (χ2n) is 3.61. The molecule has 0 heterocycles. The normalized spacial score (nSPS) is 10.9. The lowest BCUT2D eigenvalue weighted by Gasteiger charge is -1.95. The molecule has 0 aromatic rings. The molecule has 1 N–H and O–H groups in total. The van der Waals surface area contributed by atoms with Gasteiger partial charge in [0.1, 0.15) is 0 Å². The van der Waals surface area contributed by atoms with Crippen LogP contribution in [0.3, 0.4) is 0 Å². The molecule has 0 aliphatic carbocycles. The molecule has 0 aromatic heterocycles. The van der Waals surface area contributed by atoms with Crippen LogP contribution >= 0.6 is 0 Å².